The third-order valence-electron chi connectivity index (χ3n) is 1.45. The Bertz CT molecular complexity index is 200. The average Bonchev–Trinajstić information content (AvgIpc) is 2.17. The second kappa shape index (κ2) is 7.30. The largest absolute Gasteiger partial charge is 0.384 e. The van der Waals surface area contributed by atoms with Gasteiger partial charge in [-0.1, -0.05) is 0 Å². The van der Waals surface area contributed by atoms with Crippen molar-refractivity contribution in [3.8, 4) is 0 Å². The molecule has 0 unspecified atom stereocenters. The van der Waals surface area contributed by atoms with E-state index in [-0.39, 0.29) is 0 Å². The zero-order valence-corrected chi connectivity index (χ0v) is 7.81. The molecule has 0 aromatic rings. The van der Waals surface area contributed by atoms with Gasteiger partial charge in [0.15, 0.2) is 0 Å². The molecule has 0 saturated heterocycles. The molecule has 5 nitrogen and oxygen atoms in total. The first-order valence-electron chi connectivity index (χ1n) is 4.06. The van der Waals surface area contributed by atoms with Gasteiger partial charge in [-0.25, -0.2) is 0 Å². The van der Waals surface area contributed by atoms with Crippen molar-refractivity contribution in [1.82, 2.24) is 4.90 Å². The number of amides is 1. The third kappa shape index (κ3) is 5.86. The van der Waals surface area contributed by atoms with Crippen LogP contribution in [0.5, 0.6) is 0 Å². The van der Waals surface area contributed by atoms with Crippen molar-refractivity contribution in [2.45, 2.75) is 6.42 Å². The van der Waals surface area contributed by atoms with Crippen LogP contribution in [0.25, 0.3) is 0 Å². The van der Waals surface area contributed by atoms with Gasteiger partial charge in [0.05, 0.1) is 0 Å². The summed E-state index contributed by atoms with van der Waals surface area (Å²) in [6.07, 6.45) is 4.66. The SMILES string of the molecule is CN=C(N)/C=C\N(C=O)CCCN. The Kier molecular flexibility index (Phi) is 6.53. The van der Waals surface area contributed by atoms with Crippen molar-refractivity contribution < 1.29 is 4.79 Å². The van der Waals surface area contributed by atoms with E-state index in [4.69, 9.17) is 11.5 Å². The minimum Gasteiger partial charge on any atom is -0.384 e. The van der Waals surface area contributed by atoms with Gasteiger partial charge in [-0.05, 0) is 19.0 Å². The molecule has 0 heterocycles. The van der Waals surface area contributed by atoms with Crippen molar-refractivity contribution in [2.24, 2.45) is 16.5 Å². The standard InChI is InChI=1S/C8H16N4O/c1-11-8(10)3-6-12(7-13)5-2-4-9/h3,6-7H,2,4-5,9H2,1H3,(H2,10,11)/b6-3-. The normalized spacial score (nSPS) is 12.0. The Balaban J connectivity index is 3.96. The van der Waals surface area contributed by atoms with Crippen molar-refractivity contribution in [3.05, 3.63) is 12.3 Å². The van der Waals surface area contributed by atoms with Crippen molar-refractivity contribution in [3.63, 3.8) is 0 Å². The van der Waals surface area contributed by atoms with Gasteiger partial charge in [-0.2, -0.15) is 0 Å². The monoisotopic (exact) mass is 184 g/mol. The van der Waals surface area contributed by atoms with Gasteiger partial charge in [-0.3, -0.25) is 9.79 Å². The summed E-state index contributed by atoms with van der Waals surface area (Å²) >= 11 is 0. The van der Waals surface area contributed by atoms with Gasteiger partial charge < -0.3 is 16.4 Å². The molecule has 74 valence electrons. The first-order valence-corrected chi connectivity index (χ1v) is 4.06. The number of nitrogens with zero attached hydrogens (tertiary/aromatic N) is 2. The summed E-state index contributed by atoms with van der Waals surface area (Å²) in [6, 6.07) is 0. The zero-order valence-electron chi connectivity index (χ0n) is 7.81. The molecule has 0 aliphatic rings. The number of hydrogen-bond donors (Lipinski definition) is 2. The van der Waals surface area contributed by atoms with Gasteiger partial charge in [0.1, 0.15) is 5.84 Å². The Labute approximate surface area is 78.1 Å². The quantitative estimate of drug-likeness (QED) is 0.325. The highest BCUT2D eigenvalue weighted by Crippen LogP contribution is 1.88. The van der Waals surface area contributed by atoms with Gasteiger partial charge in [0, 0.05) is 19.8 Å². The molecule has 0 aliphatic carbocycles. The van der Waals surface area contributed by atoms with Crippen LogP contribution >= 0.6 is 0 Å². The molecule has 0 radical (unpaired) electrons. The fourth-order valence-corrected chi connectivity index (χ4v) is 0.683. The molecular formula is C8H16N4O. The Morgan fingerprint density at radius 1 is 1.62 bits per heavy atom. The number of carbonyl (C=O) groups excluding carboxylic acids is 1. The number of hydrogen-bond acceptors (Lipinski definition) is 3. The second-order valence-corrected chi connectivity index (χ2v) is 2.45. The van der Waals surface area contributed by atoms with Crippen molar-refractivity contribution >= 4 is 12.2 Å². The van der Waals surface area contributed by atoms with Crippen molar-refractivity contribution in [2.75, 3.05) is 20.1 Å². The molecule has 0 spiro atoms. The Morgan fingerprint density at radius 2 is 2.31 bits per heavy atom. The molecule has 0 fully saturated rings. The molecular weight excluding hydrogens is 168 g/mol. The molecule has 5 heteroatoms. The summed E-state index contributed by atoms with van der Waals surface area (Å²) in [5.41, 5.74) is 10.7. The third-order valence-corrected chi connectivity index (χ3v) is 1.45. The molecule has 0 aromatic heterocycles. The van der Waals surface area contributed by atoms with Crippen LogP contribution in [-0.4, -0.2) is 37.3 Å². The van der Waals surface area contributed by atoms with Gasteiger partial charge in [-0.15, -0.1) is 0 Å². The summed E-state index contributed by atoms with van der Waals surface area (Å²) in [6.45, 7) is 1.17. The lowest BCUT2D eigenvalue weighted by molar-refractivity contribution is -0.115. The van der Waals surface area contributed by atoms with Crippen LogP contribution in [0.3, 0.4) is 0 Å². The zero-order chi connectivity index (χ0) is 10.1. The van der Waals surface area contributed by atoms with E-state index in [1.165, 1.54) is 4.90 Å². The van der Waals surface area contributed by atoms with E-state index >= 15 is 0 Å². The first kappa shape index (κ1) is 11.6. The first-order chi connectivity index (χ1) is 6.24. The highest BCUT2D eigenvalue weighted by Gasteiger charge is 1.94. The minimum atomic E-state index is 0.389. The lowest BCUT2D eigenvalue weighted by Crippen LogP contribution is -2.20. The topological polar surface area (TPSA) is 84.7 Å². The maximum atomic E-state index is 10.5. The highest BCUT2D eigenvalue weighted by molar-refractivity contribution is 5.91. The van der Waals surface area contributed by atoms with E-state index in [0.29, 0.717) is 18.9 Å². The molecule has 0 aromatic carbocycles. The molecule has 0 atom stereocenters. The minimum absolute atomic E-state index is 0.389. The maximum Gasteiger partial charge on any atom is 0.213 e. The molecule has 1 amide bonds. The summed E-state index contributed by atoms with van der Waals surface area (Å²) < 4.78 is 0. The molecule has 0 aliphatic heterocycles. The highest BCUT2D eigenvalue weighted by atomic mass is 16.1. The van der Waals surface area contributed by atoms with Crippen LogP contribution < -0.4 is 11.5 Å². The van der Waals surface area contributed by atoms with Crippen LogP contribution in [0.4, 0.5) is 0 Å². The predicted octanol–water partition coefficient (Wildman–Crippen LogP) is -0.706. The number of amidine groups is 1. The van der Waals surface area contributed by atoms with Crippen LogP contribution in [0.15, 0.2) is 17.3 Å². The molecule has 0 bridgehead atoms. The Morgan fingerprint density at radius 3 is 2.77 bits per heavy atom. The summed E-state index contributed by atoms with van der Waals surface area (Å²) in [7, 11) is 1.59. The number of nitrogens with two attached hydrogens (primary N) is 2. The van der Waals surface area contributed by atoms with Crippen LogP contribution in [0.2, 0.25) is 0 Å². The lowest BCUT2D eigenvalue weighted by Gasteiger charge is -2.10. The summed E-state index contributed by atoms with van der Waals surface area (Å²) in [5, 5.41) is 0. The number of aliphatic imine (C=N–C) groups is 1. The maximum absolute atomic E-state index is 10.5. The van der Waals surface area contributed by atoms with Gasteiger partial charge in [0.2, 0.25) is 6.41 Å². The number of carbonyl (C=O) groups is 1. The van der Waals surface area contributed by atoms with E-state index in [9.17, 15) is 4.79 Å². The van der Waals surface area contributed by atoms with E-state index in [1.54, 1.807) is 19.3 Å². The molecule has 13 heavy (non-hydrogen) atoms. The van der Waals surface area contributed by atoms with Crippen LogP contribution in [0, 0.1) is 0 Å². The number of rotatable bonds is 6. The second-order valence-electron chi connectivity index (χ2n) is 2.45. The fourth-order valence-electron chi connectivity index (χ4n) is 0.683. The predicted molar refractivity (Wildman–Crippen MR) is 53.1 cm³/mol. The molecule has 4 N–H and O–H groups in total. The van der Waals surface area contributed by atoms with E-state index in [0.717, 1.165) is 12.8 Å². The van der Waals surface area contributed by atoms with Crippen LogP contribution in [-0.2, 0) is 4.79 Å². The van der Waals surface area contributed by atoms with Crippen LogP contribution in [0.1, 0.15) is 6.42 Å². The summed E-state index contributed by atoms with van der Waals surface area (Å²) in [4.78, 5) is 15.7. The summed E-state index contributed by atoms with van der Waals surface area (Å²) in [5.74, 6) is 0.389. The van der Waals surface area contributed by atoms with Gasteiger partial charge in [0.25, 0.3) is 0 Å². The van der Waals surface area contributed by atoms with E-state index < -0.39 is 0 Å². The average molecular weight is 184 g/mol. The van der Waals surface area contributed by atoms with E-state index in [1.807, 2.05) is 0 Å². The van der Waals surface area contributed by atoms with Gasteiger partial charge >= 0.3 is 0 Å². The fraction of sp³-hybridized carbons (Fsp3) is 0.500. The Hall–Kier alpha value is -1.36. The molecule has 0 rings (SSSR count). The lowest BCUT2D eigenvalue weighted by atomic mass is 10.4. The molecule has 0 saturated carbocycles. The van der Waals surface area contributed by atoms with Crippen molar-refractivity contribution in [1.29, 1.82) is 0 Å². The van der Waals surface area contributed by atoms with E-state index in [2.05, 4.69) is 4.99 Å². The smallest absolute Gasteiger partial charge is 0.213 e.